The van der Waals surface area contributed by atoms with Crippen LogP contribution in [0.2, 0.25) is 0 Å². The van der Waals surface area contributed by atoms with E-state index in [2.05, 4.69) is 25.6 Å². The van der Waals surface area contributed by atoms with E-state index < -0.39 is 15.9 Å². The quantitative estimate of drug-likeness (QED) is 0.464. The molecule has 0 aliphatic rings. The summed E-state index contributed by atoms with van der Waals surface area (Å²) in [4.78, 5) is 12.6. The van der Waals surface area contributed by atoms with Crippen molar-refractivity contribution in [2.75, 3.05) is 5.32 Å². The molecule has 2 heterocycles. The molecule has 0 aliphatic heterocycles. The van der Waals surface area contributed by atoms with Gasteiger partial charge in [0.25, 0.3) is 5.91 Å². The lowest BCUT2D eigenvalue weighted by Gasteiger charge is -2.09. The topological polar surface area (TPSA) is 132 Å². The Morgan fingerprint density at radius 3 is 2.60 bits per heavy atom. The molecule has 2 N–H and O–H groups in total. The molecule has 152 valence electrons. The summed E-state index contributed by atoms with van der Waals surface area (Å²) in [5.74, 6) is 0.0471. The van der Waals surface area contributed by atoms with Crippen LogP contribution in [0.3, 0.4) is 0 Å². The van der Waals surface area contributed by atoms with Gasteiger partial charge < -0.3 is 9.73 Å². The maximum atomic E-state index is 12.6. The van der Waals surface area contributed by atoms with Crippen molar-refractivity contribution in [3.63, 3.8) is 0 Å². The SMILES string of the molecule is O=C(Nc1ccc(-n2cnnn2)cc1)c1cccc(S(=O)(=O)NCc2ccco2)c1. The molecule has 0 unspecified atom stereocenters. The Labute approximate surface area is 171 Å². The molecule has 0 bridgehead atoms. The average Bonchev–Trinajstić information content (AvgIpc) is 3.47. The summed E-state index contributed by atoms with van der Waals surface area (Å²) in [6.45, 7) is 0.0133. The molecular weight excluding hydrogens is 408 g/mol. The van der Waals surface area contributed by atoms with Crippen LogP contribution in [0.15, 0.2) is 82.6 Å². The van der Waals surface area contributed by atoms with Crippen LogP contribution in [0.25, 0.3) is 5.69 Å². The number of nitrogens with one attached hydrogen (secondary N) is 2. The van der Waals surface area contributed by atoms with E-state index in [-0.39, 0.29) is 17.0 Å². The minimum absolute atomic E-state index is 0.0133. The van der Waals surface area contributed by atoms with Gasteiger partial charge in [-0.15, -0.1) is 5.10 Å². The summed E-state index contributed by atoms with van der Waals surface area (Å²) in [5.41, 5.74) is 1.48. The van der Waals surface area contributed by atoms with Gasteiger partial charge in [0, 0.05) is 11.3 Å². The second-order valence-corrected chi connectivity index (χ2v) is 7.95. The predicted molar refractivity (Wildman–Crippen MR) is 106 cm³/mol. The van der Waals surface area contributed by atoms with E-state index in [9.17, 15) is 13.2 Å². The molecule has 0 radical (unpaired) electrons. The molecule has 0 fully saturated rings. The van der Waals surface area contributed by atoms with Crippen LogP contribution in [0.4, 0.5) is 5.69 Å². The maximum Gasteiger partial charge on any atom is 0.255 e. The molecule has 0 atom stereocenters. The highest BCUT2D eigenvalue weighted by atomic mass is 32.2. The Morgan fingerprint density at radius 2 is 1.90 bits per heavy atom. The van der Waals surface area contributed by atoms with Gasteiger partial charge in [0.05, 0.1) is 23.4 Å². The van der Waals surface area contributed by atoms with Crippen LogP contribution >= 0.6 is 0 Å². The number of benzene rings is 2. The summed E-state index contributed by atoms with van der Waals surface area (Å²) in [6.07, 6.45) is 2.92. The smallest absolute Gasteiger partial charge is 0.255 e. The number of furan rings is 1. The summed E-state index contributed by atoms with van der Waals surface area (Å²) >= 11 is 0. The number of hydrogen-bond acceptors (Lipinski definition) is 7. The van der Waals surface area contributed by atoms with Gasteiger partial charge in [-0.1, -0.05) is 6.07 Å². The monoisotopic (exact) mass is 424 g/mol. The van der Waals surface area contributed by atoms with Gasteiger partial charge in [-0.25, -0.2) is 17.8 Å². The zero-order chi connectivity index (χ0) is 21.0. The number of anilines is 1. The van der Waals surface area contributed by atoms with E-state index in [4.69, 9.17) is 4.42 Å². The number of nitrogens with zero attached hydrogens (tertiary/aromatic N) is 4. The molecule has 0 aliphatic carbocycles. The molecule has 4 rings (SSSR count). The molecule has 10 nitrogen and oxygen atoms in total. The third-order valence-electron chi connectivity index (χ3n) is 4.16. The van der Waals surface area contributed by atoms with Crippen molar-refractivity contribution in [2.45, 2.75) is 11.4 Å². The second kappa shape index (κ2) is 8.27. The number of hydrogen-bond donors (Lipinski definition) is 2. The molecule has 2 aromatic heterocycles. The van der Waals surface area contributed by atoms with Gasteiger partial charge in [-0.3, -0.25) is 4.79 Å². The minimum atomic E-state index is -3.81. The van der Waals surface area contributed by atoms with Crippen molar-refractivity contribution < 1.29 is 17.6 Å². The largest absolute Gasteiger partial charge is 0.468 e. The molecular formula is C19H16N6O4S. The number of sulfonamides is 1. The van der Waals surface area contributed by atoms with Crippen molar-refractivity contribution in [1.29, 1.82) is 0 Å². The Balaban J connectivity index is 1.45. The highest BCUT2D eigenvalue weighted by Gasteiger charge is 2.17. The molecule has 30 heavy (non-hydrogen) atoms. The standard InChI is InChI=1S/C19H16N6O4S/c26-19(22-15-6-8-16(9-7-15)25-13-20-23-24-25)14-3-1-5-18(11-14)30(27,28)21-12-17-4-2-10-29-17/h1-11,13,21H,12H2,(H,22,26). The first kappa shape index (κ1) is 19.5. The number of aromatic nitrogens is 4. The Morgan fingerprint density at radius 1 is 1.07 bits per heavy atom. The van der Waals surface area contributed by atoms with Gasteiger partial charge in [-0.05, 0) is 65.0 Å². The lowest BCUT2D eigenvalue weighted by atomic mass is 10.2. The van der Waals surface area contributed by atoms with Crippen molar-refractivity contribution >= 4 is 21.6 Å². The van der Waals surface area contributed by atoms with Crippen LogP contribution < -0.4 is 10.0 Å². The van der Waals surface area contributed by atoms with Crippen LogP contribution in [0, 0.1) is 0 Å². The van der Waals surface area contributed by atoms with E-state index in [0.29, 0.717) is 11.4 Å². The third kappa shape index (κ3) is 4.42. The maximum absolute atomic E-state index is 12.6. The first-order chi connectivity index (χ1) is 14.5. The highest BCUT2D eigenvalue weighted by molar-refractivity contribution is 7.89. The zero-order valence-electron chi connectivity index (χ0n) is 15.5. The number of amides is 1. The summed E-state index contributed by atoms with van der Waals surface area (Å²) in [5, 5.41) is 13.7. The molecule has 0 saturated heterocycles. The number of rotatable bonds is 7. The lowest BCUT2D eigenvalue weighted by molar-refractivity contribution is 0.102. The number of carbonyl (C=O) groups excluding carboxylic acids is 1. The second-order valence-electron chi connectivity index (χ2n) is 6.19. The van der Waals surface area contributed by atoms with Gasteiger partial charge in [-0.2, -0.15) is 0 Å². The van der Waals surface area contributed by atoms with Crippen molar-refractivity contribution in [3.05, 3.63) is 84.6 Å². The van der Waals surface area contributed by atoms with Gasteiger partial charge in [0.15, 0.2) is 0 Å². The molecule has 1 amide bonds. The molecule has 4 aromatic rings. The summed E-state index contributed by atoms with van der Waals surface area (Å²) in [6, 6.07) is 16.0. The molecule has 0 saturated carbocycles. The first-order valence-electron chi connectivity index (χ1n) is 8.78. The average molecular weight is 424 g/mol. The van der Waals surface area contributed by atoms with E-state index in [1.54, 1.807) is 36.4 Å². The number of tetrazole rings is 1. The van der Waals surface area contributed by atoms with Crippen LogP contribution in [-0.2, 0) is 16.6 Å². The first-order valence-corrected chi connectivity index (χ1v) is 10.3. The Kier molecular flexibility index (Phi) is 5.37. The molecule has 0 spiro atoms. The zero-order valence-corrected chi connectivity index (χ0v) is 16.3. The van der Waals surface area contributed by atoms with E-state index in [1.165, 1.54) is 41.5 Å². The van der Waals surface area contributed by atoms with Crippen molar-refractivity contribution in [2.24, 2.45) is 0 Å². The fourth-order valence-electron chi connectivity index (χ4n) is 2.65. The van der Waals surface area contributed by atoms with Crippen LogP contribution in [0.1, 0.15) is 16.1 Å². The fourth-order valence-corrected chi connectivity index (χ4v) is 3.69. The van der Waals surface area contributed by atoms with Crippen molar-refractivity contribution in [3.8, 4) is 5.69 Å². The Hall–Kier alpha value is -3.83. The van der Waals surface area contributed by atoms with Crippen LogP contribution in [0.5, 0.6) is 0 Å². The summed E-state index contributed by atoms with van der Waals surface area (Å²) in [7, 11) is -3.81. The van der Waals surface area contributed by atoms with E-state index in [0.717, 1.165) is 5.69 Å². The normalized spacial score (nSPS) is 11.3. The minimum Gasteiger partial charge on any atom is -0.468 e. The van der Waals surface area contributed by atoms with Gasteiger partial charge >= 0.3 is 0 Å². The molecule has 11 heteroatoms. The molecule has 2 aromatic carbocycles. The highest BCUT2D eigenvalue weighted by Crippen LogP contribution is 2.16. The van der Waals surface area contributed by atoms with Gasteiger partial charge in [0.2, 0.25) is 10.0 Å². The van der Waals surface area contributed by atoms with Crippen molar-refractivity contribution in [1.82, 2.24) is 24.9 Å². The lowest BCUT2D eigenvalue weighted by Crippen LogP contribution is -2.23. The third-order valence-corrected chi connectivity index (χ3v) is 5.56. The fraction of sp³-hybridized carbons (Fsp3) is 0.0526. The van der Waals surface area contributed by atoms with E-state index >= 15 is 0 Å². The van der Waals surface area contributed by atoms with Gasteiger partial charge in [0.1, 0.15) is 12.1 Å². The van der Waals surface area contributed by atoms with Crippen LogP contribution in [-0.4, -0.2) is 34.5 Å². The number of carbonyl (C=O) groups is 1. The Bertz CT molecular complexity index is 1240. The summed E-state index contributed by atoms with van der Waals surface area (Å²) < 4.78 is 34.1. The predicted octanol–water partition coefficient (Wildman–Crippen LogP) is 1.99. The van der Waals surface area contributed by atoms with E-state index in [1.807, 2.05) is 0 Å².